The Hall–Kier alpha value is -1.74. The number of rotatable bonds is 6. The third-order valence-corrected chi connectivity index (χ3v) is 3.48. The molecular formula is C18H23FN2. The van der Waals surface area contributed by atoms with Gasteiger partial charge in [0.2, 0.25) is 0 Å². The second-order valence-electron chi connectivity index (χ2n) is 5.52. The molecule has 2 rings (SSSR count). The number of aromatic nitrogens is 1. The summed E-state index contributed by atoms with van der Waals surface area (Å²) in [7, 11) is 0. The molecule has 0 fully saturated rings. The lowest BCUT2D eigenvalue weighted by Crippen LogP contribution is -2.24. The summed E-state index contributed by atoms with van der Waals surface area (Å²) in [6, 6.07) is 11.3. The van der Waals surface area contributed by atoms with Crippen molar-refractivity contribution >= 4 is 0 Å². The van der Waals surface area contributed by atoms with Crippen molar-refractivity contribution in [1.29, 1.82) is 0 Å². The summed E-state index contributed by atoms with van der Waals surface area (Å²) in [5.41, 5.74) is 4.27. The average Bonchev–Trinajstić information content (AvgIpc) is 2.42. The molecular weight excluding hydrogens is 263 g/mol. The molecule has 2 aromatic rings. The highest BCUT2D eigenvalue weighted by Crippen LogP contribution is 2.20. The normalized spacial score (nSPS) is 12.4. The van der Waals surface area contributed by atoms with E-state index in [1.165, 1.54) is 11.6 Å². The quantitative estimate of drug-likeness (QED) is 0.864. The van der Waals surface area contributed by atoms with Crippen LogP contribution in [0.1, 0.15) is 41.9 Å². The minimum absolute atomic E-state index is 0.177. The molecule has 0 saturated heterocycles. The van der Waals surface area contributed by atoms with Crippen LogP contribution in [0.15, 0.2) is 36.4 Å². The van der Waals surface area contributed by atoms with Crippen LogP contribution in [0.5, 0.6) is 0 Å². The maximum atomic E-state index is 13.4. The lowest BCUT2D eigenvalue weighted by atomic mass is 9.98. The molecule has 0 aliphatic carbocycles. The highest BCUT2D eigenvalue weighted by molar-refractivity contribution is 5.27. The summed E-state index contributed by atoms with van der Waals surface area (Å²) in [5.74, 6) is -0.177. The van der Waals surface area contributed by atoms with E-state index in [0.717, 1.165) is 36.3 Å². The third kappa shape index (κ3) is 4.64. The molecule has 2 nitrogen and oxygen atoms in total. The van der Waals surface area contributed by atoms with Crippen LogP contribution in [0, 0.1) is 19.7 Å². The Labute approximate surface area is 126 Å². The molecule has 0 saturated carbocycles. The van der Waals surface area contributed by atoms with Gasteiger partial charge in [-0.2, -0.15) is 0 Å². The standard InChI is InChI=1S/C18H23FN2/c1-4-8-20-18(12-15-6-5-7-17(19)11-15)16-9-13(2)21-14(3)10-16/h5-7,9-11,18,20H,4,8,12H2,1-3H3. The Kier molecular flexibility index (Phi) is 5.45. The molecule has 1 heterocycles. The highest BCUT2D eigenvalue weighted by Gasteiger charge is 2.13. The summed E-state index contributed by atoms with van der Waals surface area (Å²) in [6.45, 7) is 7.11. The van der Waals surface area contributed by atoms with Gasteiger partial charge in [-0.05, 0) is 68.6 Å². The maximum absolute atomic E-state index is 13.4. The van der Waals surface area contributed by atoms with Crippen molar-refractivity contribution < 1.29 is 4.39 Å². The molecule has 3 heteroatoms. The summed E-state index contributed by atoms with van der Waals surface area (Å²) in [6.07, 6.45) is 1.85. The summed E-state index contributed by atoms with van der Waals surface area (Å²) < 4.78 is 13.4. The molecule has 0 amide bonds. The van der Waals surface area contributed by atoms with Crippen molar-refractivity contribution in [3.8, 4) is 0 Å². The van der Waals surface area contributed by atoms with Gasteiger partial charge >= 0.3 is 0 Å². The number of nitrogens with zero attached hydrogens (tertiary/aromatic N) is 1. The number of nitrogens with one attached hydrogen (secondary N) is 1. The molecule has 1 atom stereocenters. The number of hydrogen-bond acceptors (Lipinski definition) is 2. The molecule has 1 N–H and O–H groups in total. The van der Waals surface area contributed by atoms with E-state index >= 15 is 0 Å². The van der Waals surface area contributed by atoms with Crippen LogP contribution in [0.25, 0.3) is 0 Å². The fraction of sp³-hybridized carbons (Fsp3) is 0.389. The van der Waals surface area contributed by atoms with Crippen LogP contribution in [0.2, 0.25) is 0 Å². The van der Waals surface area contributed by atoms with Crippen LogP contribution < -0.4 is 5.32 Å². The number of pyridine rings is 1. The summed E-state index contributed by atoms with van der Waals surface area (Å²) >= 11 is 0. The number of hydrogen-bond donors (Lipinski definition) is 1. The fourth-order valence-electron chi connectivity index (χ4n) is 2.59. The van der Waals surface area contributed by atoms with Crippen LogP contribution in [0.3, 0.4) is 0 Å². The first-order valence-electron chi connectivity index (χ1n) is 7.51. The van der Waals surface area contributed by atoms with Gasteiger partial charge in [0.25, 0.3) is 0 Å². The molecule has 1 unspecified atom stereocenters. The number of benzene rings is 1. The number of aryl methyl sites for hydroxylation is 2. The van der Waals surface area contributed by atoms with Gasteiger partial charge in [-0.25, -0.2) is 4.39 Å². The number of halogens is 1. The Morgan fingerprint density at radius 2 is 1.86 bits per heavy atom. The molecule has 0 aliphatic rings. The lowest BCUT2D eigenvalue weighted by Gasteiger charge is -2.20. The Bertz CT molecular complexity index is 575. The highest BCUT2D eigenvalue weighted by atomic mass is 19.1. The predicted molar refractivity (Wildman–Crippen MR) is 84.8 cm³/mol. The Morgan fingerprint density at radius 3 is 2.48 bits per heavy atom. The fourth-order valence-corrected chi connectivity index (χ4v) is 2.59. The van der Waals surface area contributed by atoms with Gasteiger partial charge in [0, 0.05) is 17.4 Å². The van der Waals surface area contributed by atoms with Gasteiger partial charge < -0.3 is 5.32 Å². The minimum Gasteiger partial charge on any atom is -0.310 e. The predicted octanol–water partition coefficient (Wildman–Crippen LogP) is 4.12. The zero-order valence-electron chi connectivity index (χ0n) is 13.0. The van der Waals surface area contributed by atoms with Crippen molar-refractivity contribution in [2.24, 2.45) is 0 Å². The molecule has 1 aromatic heterocycles. The van der Waals surface area contributed by atoms with E-state index in [4.69, 9.17) is 0 Å². The van der Waals surface area contributed by atoms with Crippen LogP contribution in [-0.2, 0) is 6.42 Å². The molecule has 0 aliphatic heterocycles. The summed E-state index contributed by atoms with van der Waals surface area (Å²) in [4.78, 5) is 4.43. The SMILES string of the molecule is CCCNC(Cc1cccc(F)c1)c1cc(C)nc(C)c1. The van der Waals surface area contributed by atoms with Crippen LogP contribution in [0.4, 0.5) is 4.39 Å². The third-order valence-electron chi connectivity index (χ3n) is 3.48. The molecule has 112 valence electrons. The first kappa shape index (κ1) is 15.6. The maximum Gasteiger partial charge on any atom is 0.123 e. The first-order valence-corrected chi connectivity index (χ1v) is 7.51. The van der Waals surface area contributed by atoms with E-state index in [9.17, 15) is 4.39 Å². The van der Waals surface area contributed by atoms with Gasteiger partial charge in [0.1, 0.15) is 5.82 Å². The van der Waals surface area contributed by atoms with Crippen molar-refractivity contribution in [2.45, 2.75) is 39.7 Å². The summed E-state index contributed by atoms with van der Waals surface area (Å²) in [5, 5.41) is 3.56. The topological polar surface area (TPSA) is 24.9 Å². The lowest BCUT2D eigenvalue weighted by molar-refractivity contribution is 0.526. The average molecular weight is 286 g/mol. The Morgan fingerprint density at radius 1 is 1.14 bits per heavy atom. The zero-order valence-corrected chi connectivity index (χ0v) is 13.0. The Balaban J connectivity index is 2.25. The van der Waals surface area contributed by atoms with Crippen molar-refractivity contribution in [3.63, 3.8) is 0 Å². The van der Waals surface area contributed by atoms with E-state index < -0.39 is 0 Å². The second-order valence-corrected chi connectivity index (χ2v) is 5.52. The van der Waals surface area contributed by atoms with Gasteiger partial charge in [0.15, 0.2) is 0 Å². The van der Waals surface area contributed by atoms with Gasteiger partial charge in [-0.1, -0.05) is 19.1 Å². The molecule has 1 aromatic carbocycles. The van der Waals surface area contributed by atoms with Gasteiger partial charge in [-0.15, -0.1) is 0 Å². The molecule has 0 bridgehead atoms. The van der Waals surface area contributed by atoms with E-state index in [1.807, 2.05) is 19.9 Å². The van der Waals surface area contributed by atoms with E-state index in [2.05, 4.69) is 29.4 Å². The second kappa shape index (κ2) is 7.32. The molecule has 0 radical (unpaired) electrons. The van der Waals surface area contributed by atoms with Crippen molar-refractivity contribution in [1.82, 2.24) is 10.3 Å². The monoisotopic (exact) mass is 286 g/mol. The van der Waals surface area contributed by atoms with Gasteiger partial charge in [0.05, 0.1) is 0 Å². The van der Waals surface area contributed by atoms with Crippen LogP contribution in [-0.4, -0.2) is 11.5 Å². The van der Waals surface area contributed by atoms with E-state index in [-0.39, 0.29) is 11.9 Å². The van der Waals surface area contributed by atoms with Crippen LogP contribution >= 0.6 is 0 Å². The smallest absolute Gasteiger partial charge is 0.123 e. The van der Waals surface area contributed by atoms with Crippen molar-refractivity contribution in [3.05, 3.63) is 64.7 Å². The minimum atomic E-state index is -0.177. The molecule has 21 heavy (non-hydrogen) atoms. The molecule has 0 spiro atoms. The van der Waals surface area contributed by atoms with Crippen molar-refractivity contribution in [2.75, 3.05) is 6.54 Å². The first-order chi connectivity index (χ1) is 10.1. The zero-order chi connectivity index (χ0) is 15.2. The van der Waals surface area contributed by atoms with E-state index in [0.29, 0.717) is 0 Å². The van der Waals surface area contributed by atoms with E-state index in [1.54, 1.807) is 12.1 Å². The largest absolute Gasteiger partial charge is 0.310 e. The van der Waals surface area contributed by atoms with Gasteiger partial charge in [-0.3, -0.25) is 4.98 Å².